The van der Waals surface area contributed by atoms with Crippen LogP contribution in [0.1, 0.15) is 23.4 Å². The lowest BCUT2D eigenvalue weighted by molar-refractivity contribution is 0.0795. The van der Waals surface area contributed by atoms with Crippen molar-refractivity contribution < 1.29 is 9.21 Å². The van der Waals surface area contributed by atoms with E-state index in [1.165, 1.54) is 11.1 Å². The normalized spacial score (nSPS) is 9.92. The summed E-state index contributed by atoms with van der Waals surface area (Å²) in [7, 11) is 3.35. The third kappa shape index (κ3) is 1.64. The Kier molecular flexibility index (Phi) is 2.47. The van der Waals surface area contributed by atoms with Gasteiger partial charge in [0.15, 0.2) is 5.89 Å². The molecule has 0 saturated carbocycles. The molecule has 1 aromatic heterocycles. The average Bonchev–Trinajstić information content (AvgIpc) is 2.50. The molecule has 0 spiro atoms. The Bertz CT molecular complexity index is 278. The van der Waals surface area contributed by atoms with Gasteiger partial charge in [-0.3, -0.25) is 4.79 Å². The lowest BCUT2D eigenvalue weighted by Crippen LogP contribution is -2.20. The monoisotopic (exact) mass is 168 g/mol. The van der Waals surface area contributed by atoms with Crippen LogP contribution < -0.4 is 0 Å². The number of aryl methyl sites for hydroxylation is 1. The van der Waals surface area contributed by atoms with Crippen LogP contribution in [0.25, 0.3) is 0 Å². The van der Waals surface area contributed by atoms with Gasteiger partial charge in [0, 0.05) is 20.5 Å². The highest BCUT2D eigenvalue weighted by atomic mass is 16.4. The van der Waals surface area contributed by atoms with Crippen LogP contribution in [0.3, 0.4) is 0 Å². The Morgan fingerprint density at radius 2 is 2.33 bits per heavy atom. The number of aromatic nitrogens is 1. The number of rotatable bonds is 2. The fourth-order valence-electron chi connectivity index (χ4n) is 0.793. The highest BCUT2D eigenvalue weighted by Crippen LogP contribution is 2.05. The summed E-state index contributed by atoms with van der Waals surface area (Å²) in [5, 5.41) is 0. The smallest absolute Gasteiger partial charge is 0.290 e. The minimum atomic E-state index is -0.151. The molecule has 1 heterocycles. The van der Waals surface area contributed by atoms with E-state index in [1.807, 2.05) is 6.92 Å². The summed E-state index contributed by atoms with van der Waals surface area (Å²) >= 11 is 0. The number of amides is 1. The van der Waals surface area contributed by atoms with Gasteiger partial charge in [-0.25, -0.2) is 4.98 Å². The van der Waals surface area contributed by atoms with Gasteiger partial charge in [0.25, 0.3) is 5.91 Å². The van der Waals surface area contributed by atoms with Gasteiger partial charge in [-0.15, -0.1) is 0 Å². The summed E-state index contributed by atoms with van der Waals surface area (Å²) in [5.74, 6) is 0.749. The lowest BCUT2D eigenvalue weighted by Gasteiger charge is -2.05. The molecule has 1 rings (SSSR count). The van der Waals surface area contributed by atoms with Crippen LogP contribution in [0.2, 0.25) is 0 Å². The predicted octanol–water partition coefficient (Wildman–Crippen LogP) is 0.939. The molecular formula is C8H12N2O2. The molecule has 0 aliphatic rings. The van der Waals surface area contributed by atoms with Gasteiger partial charge < -0.3 is 9.32 Å². The Morgan fingerprint density at radius 1 is 1.67 bits per heavy atom. The number of hydrogen-bond acceptors (Lipinski definition) is 3. The third-order valence-corrected chi connectivity index (χ3v) is 1.47. The van der Waals surface area contributed by atoms with E-state index in [9.17, 15) is 4.79 Å². The second-order valence-electron chi connectivity index (χ2n) is 2.67. The Labute approximate surface area is 71.2 Å². The largest absolute Gasteiger partial charge is 0.436 e. The maximum Gasteiger partial charge on any atom is 0.290 e. The number of carbonyl (C=O) groups excluding carboxylic acids is 1. The molecule has 0 radical (unpaired) electrons. The van der Waals surface area contributed by atoms with Crippen molar-refractivity contribution in [2.45, 2.75) is 13.3 Å². The Hall–Kier alpha value is -1.32. The summed E-state index contributed by atoms with van der Waals surface area (Å²) in [6.07, 6.45) is 2.17. The fraction of sp³-hybridized carbons (Fsp3) is 0.500. The van der Waals surface area contributed by atoms with Crippen molar-refractivity contribution in [2.75, 3.05) is 14.1 Å². The second-order valence-corrected chi connectivity index (χ2v) is 2.67. The number of carbonyl (C=O) groups is 1. The fourth-order valence-corrected chi connectivity index (χ4v) is 0.793. The lowest BCUT2D eigenvalue weighted by atomic mass is 10.4. The van der Waals surface area contributed by atoms with E-state index in [2.05, 4.69) is 4.98 Å². The molecule has 1 amide bonds. The summed E-state index contributed by atoms with van der Waals surface area (Å²) in [4.78, 5) is 16.6. The first kappa shape index (κ1) is 8.77. The molecule has 66 valence electrons. The van der Waals surface area contributed by atoms with Crippen molar-refractivity contribution in [3.05, 3.63) is 17.8 Å². The first-order valence-corrected chi connectivity index (χ1v) is 3.81. The molecule has 0 aliphatic heterocycles. The minimum absolute atomic E-state index is 0.151. The van der Waals surface area contributed by atoms with Crippen molar-refractivity contribution in [3.8, 4) is 0 Å². The maximum absolute atomic E-state index is 11.3. The summed E-state index contributed by atoms with van der Waals surface area (Å²) < 4.78 is 5.15. The van der Waals surface area contributed by atoms with Gasteiger partial charge in [-0.05, 0) is 0 Å². The van der Waals surface area contributed by atoms with Crippen molar-refractivity contribution in [2.24, 2.45) is 0 Å². The number of nitrogens with zero attached hydrogens (tertiary/aromatic N) is 2. The molecule has 0 N–H and O–H groups in total. The zero-order valence-electron chi connectivity index (χ0n) is 7.50. The van der Waals surface area contributed by atoms with Crippen LogP contribution in [0.4, 0.5) is 0 Å². The van der Waals surface area contributed by atoms with Crippen LogP contribution in [0.5, 0.6) is 0 Å². The maximum atomic E-state index is 11.3. The van der Waals surface area contributed by atoms with Crippen LogP contribution in [-0.4, -0.2) is 29.9 Å². The molecule has 0 bridgehead atoms. The van der Waals surface area contributed by atoms with E-state index >= 15 is 0 Å². The summed E-state index contributed by atoms with van der Waals surface area (Å²) in [6.45, 7) is 1.93. The van der Waals surface area contributed by atoms with Crippen LogP contribution in [-0.2, 0) is 6.42 Å². The molecule has 4 heteroatoms. The highest BCUT2D eigenvalue weighted by molar-refractivity contribution is 5.90. The van der Waals surface area contributed by atoms with Crippen molar-refractivity contribution in [1.29, 1.82) is 0 Å². The summed E-state index contributed by atoms with van der Waals surface area (Å²) in [6, 6.07) is 0. The molecule has 12 heavy (non-hydrogen) atoms. The van der Waals surface area contributed by atoms with Crippen LogP contribution in [0.15, 0.2) is 10.6 Å². The molecule has 1 aromatic rings. The highest BCUT2D eigenvalue weighted by Gasteiger charge is 2.12. The molecule has 0 fully saturated rings. The Balaban J connectivity index is 2.82. The van der Waals surface area contributed by atoms with E-state index in [1.54, 1.807) is 14.1 Å². The van der Waals surface area contributed by atoms with Crippen LogP contribution in [0, 0.1) is 0 Å². The molecule has 0 saturated heterocycles. The van der Waals surface area contributed by atoms with Crippen LogP contribution >= 0.6 is 0 Å². The summed E-state index contributed by atoms with van der Waals surface area (Å²) in [5.41, 5.74) is 0. The molecule has 0 unspecified atom stereocenters. The predicted molar refractivity (Wildman–Crippen MR) is 43.9 cm³/mol. The van der Waals surface area contributed by atoms with Gasteiger partial charge in [0.05, 0.1) is 6.20 Å². The van der Waals surface area contributed by atoms with Crippen molar-refractivity contribution in [3.63, 3.8) is 0 Å². The van der Waals surface area contributed by atoms with E-state index in [0.717, 1.165) is 0 Å². The average molecular weight is 168 g/mol. The van der Waals surface area contributed by atoms with Gasteiger partial charge in [0.2, 0.25) is 5.76 Å². The first-order chi connectivity index (χ1) is 5.65. The van der Waals surface area contributed by atoms with E-state index in [4.69, 9.17) is 4.42 Å². The van der Waals surface area contributed by atoms with Gasteiger partial charge >= 0.3 is 0 Å². The quantitative estimate of drug-likeness (QED) is 0.660. The van der Waals surface area contributed by atoms with E-state index in [0.29, 0.717) is 18.1 Å². The molecule has 0 aromatic carbocycles. The SMILES string of the molecule is CCc1ncc(C(=O)N(C)C)o1. The molecular weight excluding hydrogens is 156 g/mol. The van der Waals surface area contributed by atoms with E-state index in [-0.39, 0.29) is 5.91 Å². The van der Waals surface area contributed by atoms with E-state index < -0.39 is 0 Å². The zero-order valence-corrected chi connectivity index (χ0v) is 7.50. The zero-order chi connectivity index (χ0) is 9.14. The Morgan fingerprint density at radius 3 is 2.75 bits per heavy atom. The topological polar surface area (TPSA) is 46.3 Å². The standard InChI is InChI=1S/C8H12N2O2/c1-4-7-9-5-6(12-7)8(11)10(2)3/h5H,4H2,1-3H3. The molecule has 0 atom stereocenters. The molecule has 0 aliphatic carbocycles. The minimum Gasteiger partial charge on any atom is -0.436 e. The van der Waals surface area contributed by atoms with Gasteiger partial charge in [-0.1, -0.05) is 6.92 Å². The van der Waals surface area contributed by atoms with Crippen molar-refractivity contribution >= 4 is 5.91 Å². The van der Waals surface area contributed by atoms with Crippen molar-refractivity contribution in [1.82, 2.24) is 9.88 Å². The molecule has 4 nitrogen and oxygen atoms in total. The number of hydrogen-bond donors (Lipinski definition) is 0. The van der Waals surface area contributed by atoms with Gasteiger partial charge in [-0.2, -0.15) is 0 Å². The first-order valence-electron chi connectivity index (χ1n) is 3.81. The second kappa shape index (κ2) is 3.38. The third-order valence-electron chi connectivity index (χ3n) is 1.47. The number of oxazole rings is 1. The van der Waals surface area contributed by atoms with Gasteiger partial charge in [0.1, 0.15) is 0 Å².